The Morgan fingerprint density at radius 2 is 1.23 bits per heavy atom. The zero-order valence-corrected chi connectivity index (χ0v) is 18.5. The number of hydrogen-bond donors (Lipinski definition) is 2. The lowest BCUT2D eigenvalue weighted by molar-refractivity contribution is 0.0695. The number of unbranched alkanes of at least 4 members (excludes halogenated alkanes) is 2. The molecule has 6 heteroatoms. The molecule has 31 heavy (non-hydrogen) atoms. The van der Waals surface area contributed by atoms with E-state index in [1.165, 1.54) is 0 Å². The highest BCUT2D eigenvalue weighted by Crippen LogP contribution is 2.20. The van der Waals surface area contributed by atoms with Crippen molar-refractivity contribution in [2.45, 2.75) is 32.1 Å². The average Bonchev–Trinajstić information content (AvgIpc) is 2.75. The van der Waals surface area contributed by atoms with Crippen LogP contribution in [0, 0.1) is 0 Å². The molecule has 0 saturated carbocycles. The van der Waals surface area contributed by atoms with Crippen LogP contribution in [0.15, 0.2) is 84.9 Å². The second kappa shape index (κ2) is 12.5. The Kier molecular flexibility index (Phi) is 9.78. The van der Waals surface area contributed by atoms with Gasteiger partial charge in [-0.25, -0.2) is 13.2 Å². The zero-order chi connectivity index (χ0) is 22.5. The number of rotatable bonds is 9. The van der Waals surface area contributed by atoms with Gasteiger partial charge in [0.05, 0.1) is 17.5 Å². The SMILES string of the molecule is CS(=O)(=O)Nc1ccccc1CCCCCc1ccccc1C(=O)O.c1ccccc1. The van der Waals surface area contributed by atoms with Crippen LogP contribution in [-0.2, 0) is 22.9 Å². The minimum atomic E-state index is -3.29. The average molecular weight is 440 g/mol. The molecule has 0 heterocycles. The van der Waals surface area contributed by atoms with Crippen LogP contribution in [0.3, 0.4) is 0 Å². The highest BCUT2D eigenvalue weighted by molar-refractivity contribution is 7.92. The molecule has 0 aliphatic heterocycles. The van der Waals surface area contributed by atoms with E-state index in [1.54, 1.807) is 24.3 Å². The molecular weight excluding hydrogens is 410 g/mol. The fourth-order valence-corrected chi connectivity index (χ4v) is 3.78. The van der Waals surface area contributed by atoms with Gasteiger partial charge >= 0.3 is 5.97 Å². The molecule has 3 aromatic rings. The molecule has 0 aromatic heterocycles. The lowest BCUT2D eigenvalue weighted by atomic mass is 9.99. The number of anilines is 1. The van der Waals surface area contributed by atoms with Gasteiger partial charge in [-0.1, -0.05) is 79.2 Å². The van der Waals surface area contributed by atoms with E-state index in [0.717, 1.165) is 49.5 Å². The maximum Gasteiger partial charge on any atom is 0.335 e. The number of carbonyl (C=O) groups is 1. The van der Waals surface area contributed by atoms with Gasteiger partial charge in [0, 0.05) is 0 Å². The third-order valence-corrected chi connectivity index (χ3v) is 5.21. The van der Waals surface area contributed by atoms with Gasteiger partial charge in [-0.15, -0.1) is 0 Å². The molecule has 0 unspecified atom stereocenters. The molecule has 2 N–H and O–H groups in total. The third-order valence-electron chi connectivity index (χ3n) is 4.62. The van der Waals surface area contributed by atoms with Crippen LogP contribution in [0.1, 0.15) is 40.7 Å². The Bertz CT molecular complexity index is 1020. The molecular formula is C25H29NO4S. The van der Waals surface area contributed by atoms with E-state index >= 15 is 0 Å². The van der Waals surface area contributed by atoms with Gasteiger partial charge < -0.3 is 5.11 Å². The van der Waals surface area contributed by atoms with Crippen LogP contribution in [0.25, 0.3) is 0 Å². The van der Waals surface area contributed by atoms with Gasteiger partial charge in [0.15, 0.2) is 0 Å². The van der Waals surface area contributed by atoms with Crippen LogP contribution in [0.4, 0.5) is 5.69 Å². The van der Waals surface area contributed by atoms with Crippen molar-refractivity contribution < 1.29 is 18.3 Å². The minimum Gasteiger partial charge on any atom is -0.478 e. The van der Waals surface area contributed by atoms with Gasteiger partial charge in [0.25, 0.3) is 0 Å². The second-order valence-corrected chi connectivity index (χ2v) is 8.96. The molecule has 0 atom stereocenters. The summed E-state index contributed by atoms with van der Waals surface area (Å²) in [5.41, 5.74) is 2.82. The van der Waals surface area contributed by atoms with E-state index in [0.29, 0.717) is 11.3 Å². The van der Waals surface area contributed by atoms with Gasteiger partial charge in [-0.3, -0.25) is 4.72 Å². The molecule has 0 saturated heterocycles. The molecule has 0 aliphatic carbocycles. The predicted molar refractivity (Wildman–Crippen MR) is 126 cm³/mol. The van der Waals surface area contributed by atoms with E-state index in [-0.39, 0.29) is 0 Å². The monoisotopic (exact) mass is 439 g/mol. The molecule has 3 aromatic carbocycles. The number of aromatic carboxylic acids is 1. The summed E-state index contributed by atoms with van der Waals surface area (Å²) in [5, 5.41) is 9.18. The lowest BCUT2D eigenvalue weighted by Crippen LogP contribution is -2.11. The number of carboxylic acids is 1. The Balaban J connectivity index is 0.000000488. The number of benzene rings is 3. The van der Waals surface area contributed by atoms with Crippen molar-refractivity contribution in [1.82, 2.24) is 0 Å². The summed E-state index contributed by atoms with van der Waals surface area (Å²) in [6.07, 6.45) is 5.40. The molecule has 0 radical (unpaired) electrons. The Morgan fingerprint density at radius 1 is 0.742 bits per heavy atom. The molecule has 3 rings (SSSR count). The van der Waals surface area contributed by atoms with E-state index < -0.39 is 16.0 Å². The van der Waals surface area contributed by atoms with Gasteiger partial charge in [0.1, 0.15) is 0 Å². The summed E-state index contributed by atoms with van der Waals surface area (Å²) < 4.78 is 25.4. The number of carboxylic acid groups (broad SMARTS) is 1. The highest BCUT2D eigenvalue weighted by Gasteiger charge is 2.09. The molecule has 0 aliphatic rings. The van der Waals surface area contributed by atoms with E-state index in [2.05, 4.69) is 4.72 Å². The van der Waals surface area contributed by atoms with Crippen molar-refractivity contribution in [2.24, 2.45) is 0 Å². The minimum absolute atomic E-state index is 0.366. The third kappa shape index (κ3) is 9.49. The Hall–Kier alpha value is -3.12. The number of aryl methyl sites for hydroxylation is 2. The summed E-state index contributed by atoms with van der Waals surface area (Å²) in [5.74, 6) is -0.892. The fourth-order valence-electron chi connectivity index (χ4n) is 3.18. The first-order valence-electron chi connectivity index (χ1n) is 10.2. The van der Waals surface area contributed by atoms with Gasteiger partial charge in [-0.05, 0) is 48.9 Å². The maximum atomic E-state index is 11.4. The van der Waals surface area contributed by atoms with Crippen molar-refractivity contribution in [3.8, 4) is 0 Å². The summed E-state index contributed by atoms with van der Waals surface area (Å²) in [6, 6.07) is 26.5. The highest BCUT2D eigenvalue weighted by atomic mass is 32.2. The first kappa shape index (κ1) is 24.2. The summed E-state index contributed by atoms with van der Waals surface area (Å²) >= 11 is 0. The molecule has 5 nitrogen and oxygen atoms in total. The number of sulfonamides is 1. The molecule has 0 fully saturated rings. The fraction of sp³-hybridized carbons (Fsp3) is 0.240. The molecule has 0 amide bonds. The van der Waals surface area contributed by atoms with Crippen molar-refractivity contribution >= 4 is 21.7 Å². The van der Waals surface area contributed by atoms with E-state index in [4.69, 9.17) is 0 Å². The zero-order valence-electron chi connectivity index (χ0n) is 17.7. The summed E-state index contributed by atoms with van der Waals surface area (Å²) in [4.78, 5) is 11.2. The van der Waals surface area contributed by atoms with Crippen molar-refractivity contribution in [1.29, 1.82) is 0 Å². The topological polar surface area (TPSA) is 83.5 Å². The van der Waals surface area contributed by atoms with Crippen molar-refractivity contribution in [3.05, 3.63) is 102 Å². The van der Waals surface area contributed by atoms with E-state index in [1.807, 2.05) is 60.7 Å². The predicted octanol–water partition coefficient (Wildman–Crippen LogP) is 5.40. The lowest BCUT2D eigenvalue weighted by Gasteiger charge is -2.10. The first-order valence-corrected chi connectivity index (χ1v) is 12.1. The number of hydrogen-bond acceptors (Lipinski definition) is 3. The first-order chi connectivity index (χ1) is 14.9. The number of nitrogens with one attached hydrogen (secondary N) is 1. The van der Waals surface area contributed by atoms with Gasteiger partial charge in [0.2, 0.25) is 10.0 Å². The van der Waals surface area contributed by atoms with E-state index in [9.17, 15) is 18.3 Å². The standard InChI is InChI=1S/C19H23NO4S.C6H6/c1-25(23,24)20-18-14-8-6-12-16(18)11-4-2-3-9-15-10-5-7-13-17(15)19(21)22;1-2-4-6-5-3-1/h5-8,10,12-14,20H,2-4,9,11H2,1H3,(H,21,22);1-6H. The van der Waals surface area contributed by atoms with Crippen molar-refractivity contribution in [3.63, 3.8) is 0 Å². The molecule has 0 spiro atoms. The smallest absolute Gasteiger partial charge is 0.335 e. The summed E-state index contributed by atoms with van der Waals surface area (Å²) in [6.45, 7) is 0. The van der Waals surface area contributed by atoms with Crippen LogP contribution in [0.2, 0.25) is 0 Å². The molecule has 0 bridgehead atoms. The maximum absolute atomic E-state index is 11.4. The normalized spacial score (nSPS) is 10.6. The van der Waals surface area contributed by atoms with Crippen LogP contribution in [0.5, 0.6) is 0 Å². The van der Waals surface area contributed by atoms with Crippen LogP contribution < -0.4 is 4.72 Å². The Labute approximate surface area is 184 Å². The van der Waals surface area contributed by atoms with Crippen LogP contribution >= 0.6 is 0 Å². The van der Waals surface area contributed by atoms with Gasteiger partial charge in [-0.2, -0.15) is 0 Å². The Morgan fingerprint density at radius 3 is 1.77 bits per heavy atom. The number of para-hydroxylation sites is 1. The largest absolute Gasteiger partial charge is 0.478 e. The molecule has 164 valence electrons. The quantitative estimate of drug-likeness (QED) is 0.437. The van der Waals surface area contributed by atoms with Crippen molar-refractivity contribution in [2.75, 3.05) is 11.0 Å². The van der Waals surface area contributed by atoms with Crippen LogP contribution in [-0.4, -0.2) is 25.7 Å². The summed E-state index contributed by atoms with van der Waals surface area (Å²) in [7, 11) is -3.29. The second-order valence-electron chi connectivity index (χ2n) is 7.21.